The van der Waals surface area contributed by atoms with Crippen LogP contribution in [0.2, 0.25) is 0 Å². The van der Waals surface area contributed by atoms with E-state index in [1.807, 2.05) is 0 Å². The molecule has 0 aliphatic carbocycles. The fraction of sp³-hybridized carbons (Fsp3) is 0.278. The van der Waals surface area contributed by atoms with Gasteiger partial charge in [-0.2, -0.15) is 0 Å². The van der Waals surface area contributed by atoms with Gasteiger partial charge in [0.15, 0.2) is 6.61 Å². The molecular formula is C18H18N2O7S. The van der Waals surface area contributed by atoms with Crippen molar-refractivity contribution in [3.05, 3.63) is 55.4 Å². The molecular weight excluding hydrogens is 388 g/mol. The smallest absolute Gasteiger partial charge is 0.341 e. The third kappa shape index (κ3) is 4.52. The van der Waals surface area contributed by atoms with Crippen LogP contribution in [0.3, 0.4) is 0 Å². The molecule has 0 fully saturated rings. The number of thiophene rings is 1. The molecule has 0 atom stereocenters. The summed E-state index contributed by atoms with van der Waals surface area (Å²) in [7, 11) is 1.24. The molecule has 1 aromatic carbocycles. The van der Waals surface area contributed by atoms with Gasteiger partial charge in [-0.05, 0) is 38.5 Å². The first-order valence-electron chi connectivity index (χ1n) is 8.06. The summed E-state index contributed by atoms with van der Waals surface area (Å²) >= 11 is 1.21. The van der Waals surface area contributed by atoms with Crippen molar-refractivity contribution in [1.29, 1.82) is 0 Å². The predicted molar refractivity (Wildman–Crippen MR) is 102 cm³/mol. The minimum Gasteiger partial charge on any atom is -0.465 e. The Kier molecular flexibility index (Phi) is 6.47. The topological polar surface area (TPSA) is 125 Å². The molecule has 0 radical (unpaired) electrons. The zero-order valence-corrected chi connectivity index (χ0v) is 16.5. The number of nitrogens with zero attached hydrogens (tertiary/aromatic N) is 1. The van der Waals surface area contributed by atoms with E-state index in [0.29, 0.717) is 16.1 Å². The molecule has 1 heterocycles. The summed E-state index contributed by atoms with van der Waals surface area (Å²) in [6.07, 6.45) is 0. The molecule has 1 amide bonds. The number of benzene rings is 1. The minimum absolute atomic E-state index is 0.0916. The summed E-state index contributed by atoms with van der Waals surface area (Å²) in [5.41, 5.74) is 1.24. The highest BCUT2D eigenvalue weighted by Crippen LogP contribution is 2.32. The molecule has 2 aromatic rings. The van der Waals surface area contributed by atoms with Gasteiger partial charge in [0.2, 0.25) is 0 Å². The Balaban J connectivity index is 2.04. The van der Waals surface area contributed by atoms with Crippen LogP contribution in [-0.2, 0) is 14.3 Å². The first-order chi connectivity index (χ1) is 13.1. The Hall–Kier alpha value is -3.27. The van der Waals surface area contributed by atoms with Gasteiger partial charge in [0.1, 0.15) is 5.00 Å². The largest absolute Gasteiger partial charge is 0.465 e. The number of carbonyl (C=O) groups excluding carboxylic acids is 3. The van der Waals surface area contributed by atoms with Crippen molar-refractivity contribution < 1.29 is 28.8 Å². The number of aryl methyl sites for hydroxylation is 2. The first-order valence-corrected chi connectivity index (χ1v) is 8.87. The molecule has 0 unspecified atom stereocenters. The number of rotatable bonds is 6. The zero-order chi connectivity index (χ0) is 21.0. The van der Waals surface area contributed by atoms with Crippen molar-refractivity contribution in [3.63, 3.8) is 0 Å². The third-order valence-electron chi connectivity index (χ3n) is 3.99. The van der Waals surface area contributed by atoms with E-state index in [9.17, 15) is 24.5 Å². The highest BCUT2D eigenvalue weighted by molar-refractivity contribution is 7.16. The van der Waals surface area contributed by atoms with Crippen molar-refractivity contribution in [2.24, 2.45) is 0 Å². The van der Waals surface area contributed by atoms with E-state index in [2.05, 4.69) is 5.32 Å². The zero-order valence-electron chi connectivity index (χ0n) is 15.7. The summed E-state index contributed by atoms with van der Waals surface area (Å²) in [4.78, 5) is 47.2. The van der Waals surface area contributed by atoms with E-state index in [1.54, 1.807) is 13.8 Å². The number of nitrogens with one attached hydrogen (secondary N) is 1. The third-order valence-corrected chi connectivity index (χ3v) is 5.11. The lowest BCUT2D eigenvalue weighted by atomic mass is 10.1. The van der Waals surface area contributed by atoms with Gasteiger partial charge in [0.25, 0.3) is 11.6 Å². The van der Waals surface area contributed by atoms with Gasteiger partial charge in [-0.25, -0.2) is 9.59 Å². The molecule has 2 rings (SSSR count). The van der Waals surface area contributed by atoms with Crippen molar-refractivity contribution in [2.75, 3.05) is 19.0 Å². The molecule has 0 aliphatic heterocycles. The average molecular weight is 406 g/mol. The van der Waals surface area contributed by atoms with E-state index in [-0.39, 0.29) is 16.8 Å². The van der Waals surface area contributed by atoms with Crippen LogP contribution in [0.25, 0.3) is 0 Å². The van der Waals surface area contributed by atoms with Crippen LogP contribution in [0.1, 0.15) is 36.7 Å². The molecule has 28 heavy (non-hydrogen) atoms. The van der Waals surface area contributed by atoms with Gasteiger partial charge in [-0.3, -0.25) is 14.9 Å². The monoisotopic (exact) mass is 406 g/mol. The van der Waals surface area contributed by atoms with Gasteiger partial charge in [0, 0.05) is 16.5 Å². The SMILES string of the molecule is COC(=O)c1c(NC(=O)COC(=O)c2ccc([N+](=O)[O-])c(C)c2)sc(C)c1C. The maximum Gasteiger partial charge on any atom is 0.341 e. The fourth-order valence-electron chi connectivity index (χ4n) is 2.43. The van der Waals surface area contributed by atoms with Crippen molar-refractivity contribution in [3.8, 4) is 0 Å². The van der Waals surface area contributed by atoms with Crippen molar-refractivity contribution in [1.82, 2.24) is 0 Å². The summed E-state index contributed by atoms with van der Waals surface area (Å²) in [5, 5.41) is 13.7. The Morgan fingerprint density at radius 2 is 1.86 bits per heavy atom. The molecule has 1 aromatic heterocycles. The van der Waals surface area contributed by atoms with Crippen LogP contribution in [0.4, 0.5) is 10.7 Å². The van der Waals surface area contributed by atoms with Crippen LogP contribution < -0.4 is 5.32 Å². The van der Waals surface area contributed by atoms with E-state index >= 15 is 0 Å². The highest BCUT2D eigenvalue weighted by atomic mass is 32.1. The maximum atomic E-state index is 12.1. The number of nitro benzene ring substituents is 1. The molecule has 148 valence electrons. The fourth-order valence-corrected chi connectivity index (χ4v) is 3.49. The highest BCUT2D eigenvalue weighted by Gasteiger charge is 2.22. The molecule has 0 spiro atoms. The summed E-state index contributed by atoms with van der Waals surface area (Å²) < 4.78 is 9.68. The quantitative estimate of drug-likeness (QED) is 0.444. The van der Waals surface area contributed by atoms with Gasteiger partial charge in [-0.1, -0.05) is 0 Å². The van der Waals surface area contributed by atoms with E-state index in [0.717, 1.165) is 4.88 Å². The molecule has 9 nitrogen and oxygen atoms in total. The predicted octanol–water partition coefficient (Wildman–Crippen LogP) is 3.16. The Bertz CT molecular complexity index is 965. The normalized spacial score (nSPS) is 10.3. The average Bonchev–Trinajstić information content (AvgIpc) is 2.92. The molecule has 0 saturated carbocycles. The van der Waals surface area contributed by atoms with Crippen LogP contribution in [-0.4, -0.2) is 36.5 Å². The van der Waals surface area contributed by atoms with E-state index in [4.69, 9.17) is 9.47 Å². The molecule has 0 aliphatic rings. The van der Waals surface area contributed by atoms with E-state index < -0.39 is 29.4 Å². The van der Waals surface area contributed by atoms with Crippen LogP contribution >= 0.6 is 11.3 Å². The summed E-state index contributed by atoms with van der Waals surface area (Å²) in [6, 6.07) is 3.78. The molecule has 0 bridgehead atoms. The number of nitro groups is 1. The Morgan fingerprint density at radius 1 is 1.18 bits per heavy atom. The lowest BCUT2D eigenvalue weighted by Gasteiger charge is -2.08. The number of methoxy groups -OCH3 is 1. The van der Waals surface area contributed by atoms with Crippen LogP contribution in [0, 0.1) is 30.9 Å². The maximum absolute atomic E-state index is 12.1. The summed E-state index contributed by atoms with van der Waals surface area (Å²) in [5.74, 6) is -1.99. The second-order valence-corrected chi connectivity index (χ2v) is 7.09. The van der Waals surface area contributed by atoms with Crippen molar-refractivity contribution in [2.45, 2.75) is 20.8 Å². The second-order valence-electron chi connectivity index (χ2n) is 5.86. The number of amides is 1. The van der Waals surface area contributed by atoms with Gasteiger partial charge in [-0.15, -0.1) is 11.3 Å². The Labute approximate surface area is 164 Å². The van der Waals surface area contributed by atoms with Crippen molar-refractivity contribution >= 4 is 39.9 Å². The molecule has 1 N–H and O–H groups in total. The lowest BCUT2D eigenvalue weighted by molar-refractivity contribution is -0.385. The number of hydrogen-bond acceptors (Lipinski definition) is 8. The van der Waals surface area contributed by atoms with Gasteiger partial charge < -0.3 is 14.8 Å². The minimum atomic E-state index is -0.792. The number of esters is 2. The summed E-state index contributed by atoms with van der Waals surface area (Å²) in [6.45, 7) is 4.46. The number of ether oxygens (including phenoxy) is 2. The van der Waals surface area contributed by atoms with E-state index in [1.165, 1.54) is 43.6 Å². The Morgan fingerprint density at radius 3 is 2.43 bits per heavy atom. The first kappa shape index (κ1) is 21.0. The molecule has 10 heteroatoms. The number of hydrogen-bond donors (Lipinski definition) is 1. The molecule has 0 saturated heterocycles. The number of carbonyl (C=O) groups is 3. The van der Waals surface area contributed by atoms with Gasteiger partial charge in [0.05, 0.1) is 23.2 Å². The van der Waals surface area contributed by atoms with Gasteiger partial charge >= 0.3 is 11.9 Å². The second kappa shape index (κ2) is 8.61. The lowest BCUT2D eigenvalue weighted by Crippen LogP contribution is -2.21. The van der Waals surface area contributed by atoms with Crippen LogP contribution in [0.15, 0.2) is 18.2 Å². The standard InChI is InChI=1S/C18H18N2O7S/c1-9-7-12(5-6-13(9)20(24)25)17(22)27-8-14(21)19-16-15(18(23)26-4)10(2)11(3)28-16/h5-7H,8H2,1-4H3,(H,19,21). The number of anilines is 1. The van der Waals surface area contributed by atoms with Crippen LogP contribution in [0.5, 0.6) is 0 Å².